The Morgan fingerprint density at radius 2 is 1.72 bits per heavy atom. The molecule has 0 aliphatic carbocycles. The molecule has 0 spiro atoms. The third-order valence-electron chi connectivity index (χ3n) is 5.09. The number of H-pyrrole nitrogens is 1. The number of nitrogens with one attached hydrogen (secondary N) is 3. The first-order valence-corrected chi connectivity index (χ1v) is 10.4. The maximum absolute atomic E-state index is 13.0. The summed E-state index contributed by atoms with van der Waals surface area (Å²) >= 11 is 0. The van der Waals surface area contributed by atoms with Crippen molar-refractivity contribution in [3.05, 3.63) is 65.6 Å². The summed E-state index contributed by atoms with van der Waals surface area (Å²) in [7, 11) is 0. The van der Waals surface area contributed by atoms with Gasteiger partial charge in [-0.1, -0.05) is 44.2 Å². The Hall–Kier alpha value is -4.01. The first-order chi connectivity index (χ1) is 15.3. The molecule has 1 aromatic carbocycles. The number of hydrazine groups is 1. The number of hydrogen-bond donors (Lipinski definition) is 3. The van der Waals surface area contributed by atoms with Crippen LogP contribution in [0, 0.1) is 0 Å². The molecular formula is C23H25N7O2. The number of pyridine rings is 1. The van der Waals surface area contributed by atoms with Gasteiger partial charge in [-0.15, -0.1) is 0 Å². The number of aromatic nitrogens is 5. The highest BCUT2D eigenvalue weighted by Gasteiger charge is 2.20. The van der Waals surface area contributed by atoms with E-state index in [9.17, 15) is 9.59 Å². The van der Waals surface area contributed by atoms with Crippen molar-refractivity contribution in [3.63, 3.8) is 0 Å². The molecule has 0 radical (unpaired) electrons. The van der Waals surface area contributed by atoms with E-state index in [4.69, 9.17) is 4.98 Å². The van der Waals surface area contributed by atoms with Crippen molar-refractivity contribution in [2.45, 2.75) is 39.7 Å². The molecule has 4 rings (SSSR count). The van der Waals surface area contributed by atoms with Gasteiger partial charge in [0.1, 0.15) is 5.69 Å². The van der Waals surface area contributed by atoms with Crippen molar-refractivity contribution < 1.29 is 9.59 Å². The van der Waals surface area contributed by atoms with Gasteiger partial charge in [0.05, 0.1) is 22.8 Å². The van der Waals surface area contributed by atoms with Gasteiger partial charge in [0.15, 0.2) is 5.65 Å². The number of carbonyl (C=O) groups excluding carboxylic acids is 2. The fourth-order valence-corrected chi connectivity index (χ4v) is 3.34. The molecule has 0 fully saturated rings. The predicted octanol–water partition coefficient (Wildman–Crippen LogP) is 3.60. The molecule has 3 N–H and O–H groups in total. The second-order valence-corrected chi connectivity index (χ2v) is 8.11. The van der Waals surface area contributed by atoms with Crippen LogP contribution < -0.4 is 10.9 Å². The van der Waals surface area contributed by atoms with E-state index in [1.807, 2.05) is 58.0 Å². The van der Waals surface area contributed by atoms with Gasteiger partial charge >= 0.3 is 0 Å². The van der Waals surface area contributed by atoms with E-state index in [1.54, 1.807) is 23.0 Å². The van der Waals surface area contributed by atoms with E-state index < -0.39 is 11.8 Å². The summed E-state index contributed by atoms with van der Waals surface area (Å²) < 4.78 is 1.78. The van der Waals surface area contributed by atoms with Crippen molar-refractivity contribution in [3.8, 4) is 11.3 Å². The summed E-state index contributed by atoms with van der Waals surface area (Å²) in [6.45, 7) is 8.03. The van der Waals surface area contributed by atoms with Gasteiger partial charge in [-0.05, 0) is 31.9 Å². The molecule has 3 aromatic heterocycles. The molecule has 0 unspecified atom stereocenters. The fourth-order valence-electron chi connectivity index (χ4n) is 3.34. The molecule has 0 saturated heterocycles. The number of benzene rings is 1. The number of aromatic amines is 1. The number of rotatable bonds is 5. The third kappa shape index (κ3) is 4.09. The number of fused-ring (bicyclic) bond motifs is 1. The van der Waals surface area contributed by atoms with Gasteiger partial charge in [0.2, 0.25) is 0 Å². The lowest BCUT2D eigenvalue weighted by atomic mass is 10.1. The minimum Gasteiger partial charge on any atom is -0.272 e. The van der Waals surface area contributed by atoms with Crippen LogP contribution in [0.1, 0.15) is 66.2 Å². The maximum Gasteiger partial charge on any atom is 0.287 e. The van der Waals surface area contributed by atoms with E-state index in [2.05, 4.69) is 26.1 Å². The van der Waals surface area contributed by atoms with Crippen LogP contribution in [0.4, 0.5) is 0 Å². The molecule has 0 bridgehead atoms. The standard InChI is InChI=1S/C23H25N7O2/c1-13(2)18-10-16(17-12-24-30(14(3)4)21(17)25-18)22(31)28-29-23(32)20-11-19(26-27-20)15-8-6-5-7-9-15/h5-14H,1-4H3,(H,26,27)(H,28,31)(H,29,32). The molecule has 4 aromatic rings. The zero-order valence-electron chi connectivity index (χ0n) is 18.4. The second-order valence-electron chi connectivity index (χ2n) is 8.11. The normalized spacial score (nSPS) is 11.3. The van der Waals surface area contributed by atoms with Crippen LogP contribution in [0.3, 0.4) is 0 Å². The van der Waals surface area contributed by atoms with E-state index in [-0.39, 0.29) is 17.7 Å². The van der Waals surface area contributed by atoms with Crippen molar-refractivity contribution >= 4 is 22.8 Å². The quantitative estimate of drug-likeness (QED) is 0.417. The molecule has 9 heteroatoms. The van der Waals surface area contributed by atoms with Crippen LogP contribution in [0.2, 0.25) is 0 Å². The van der Waals surface area contributed by atoms with E-state index >= 15 is 0 Å². The topological polar surface area (TPSA) is 118 Å². The molecule has 3 heterocycles. The van der Waals surface area contributed by atoms with Gasteiger partial charge in [0.25, 0.3) is 11.8 Å². The van der Waals surface area contributed by atoms with E-state index in [1.165, 1.54) is 0 Å². The van der Waals surface area contributed by atoms with Gasteiger partial charge < -0.3 is 0 Å². The Morgan fingerprint density at radius 1 is 1.00 bits per heavy atom. The average Bonchev–Trinajstić information content (AvgIpc) is 3.44. The highest BCUT2D eigenvalue weighted by atomic mass is 16.2. The Kier molecular flexibility index (Phi) is 5.72. The van der Waals surface area contributed by atoms with Gasteiger partial charge in [0, 0.05) is 17.3 Å². The minimum atomic E-state index is -0.500. The first-order valence-electron chi connectivity index (χ1n) is 10.4. The number of amides is 2. The smallest absolute Gasteiger partial charge is 0.272 e. The number of nitrogens with zero attached hydrogens (tertiary/aromatic N) is 4. The highest BCUT2D eigenvalue weighted by molar-refractivity contribution is 6.06. The Morgan fingerprint density at radius 3 is 2.41 bits per heavy atom. The summed E-state index contributed by atoms with van der Waals surface area (Å²) in [5, 5.41) is 11.9. The highest BCUT2D eigenvalue weighted by Crippen LogP contribution is 2.24. The summed E-state index contributed by atoms with van der Waals surface area (Å²) in [6.07, 6.45) is 1.63. The van der Waals surface area contributed by atoms with Crippen LogP contribution >= 0.6 is 0 Å². The van der Waals surface area contributed by atoms with Crippen molar-refractivity contribution in [2.24, 2.45) is 0 Å². The SMILES string of the molecule is CC(C)c1cc(C(=O)NNC(=O)c2cc(-c3ccccc3)n[nH]2)c2cnn(C(C)C)c2n1. The van der Waals surface area contributed by atoms with Crippen LogP contribution in [-0.2, 0) is 0 Å². The largest absolute Gasteiger partial charge is 0.287 e. The third-order valence-corrected chi connectivity index (χ3v) is 5.09. The lowest BCUT2D eigenvalue weighted by molar-refractivity contribution is 0.0844. The van der Waals surface area contributed by atoms with Crippen molar-refractivity contribution in [1.82, 2.24) is 35.8 Å². The summed E-state index contributed by atoms with van der Waals surface area (Å²) in [6, 6.07) is 13.0. The lowest BCUT2D eigenvalue weighted by Gasteiger charge is -2.12. The Bertz CT molecular complexity index is 1270. The van der Waals surface area contributed by atoms with Crippen LogP contribution in [0.15, 0.2) is 48.7 Å². The maximum atomic E-state index is 13.0. The average molecular weight is 432 g/mol. The molecule has 164 valence electrons. The zero-order valence-corrected chi connectivity index (χ0v) is 18.4. The minimum absolute atomic E-state index is 0.0946. The van der Waals surface area contributed by atoms with Crippen LogP contribution in [0.25, 0.3) is 22.3 Å². The summed E-state index contributed by atoms with van der Waals surface area (Å²) in [4.78, 5) is 30.2. The molecule has 0 aliphatic heterocycles. The fraction of sp³-hybridized carbons (Fsp3) is 0.261. The summed E-state index contributed by atoms with van der Waals surface area (Å²) in [5.41, 5.74) is 8.52. The van der Waals surface area contributed by atoms with Crippen molar-refractivity contribution in [1.29, 1.82) is 0 Å². The van der Waals surface area contributed by atoms with Gasteiger partial charge in [-0.3, -0.25) is 25.5 Å². The van der Waals surface area contributed by atoms with Crippen LogP contribution in [-0.4, -0.2) is 36.8 Å². The predicted molar refractivity (Wildman–Crippen MR) is 121 cm³/mol. The molecule has 9 nitrogen and oxygen atoms in total. The van der Waals surface area contributed by atoms with E-state index in [0.29, 0.717) is 22.3 Å². The Labute approximate surface area is 185 Å². The van der Waals surface area contributed by atoms with Crippen LogP contribution in [0.5, 0.6) is 0 Å². The van der Waals surface area contributed by atoms with Gasteiger partial charge in [-0.2, -0.15) is 10.2 Å². The molecule has 0 atom stereocenters. The van der Waals surface area contributed by atoms with Crippen molar-refractivity contribution in [2.75, 3.05) is 0 Å². The zero-order chi connectivity index (χ0) is 22.8. The molecule has 0 aliphatic rings. The Balaban J connectivity index is 1.54. The monoisotopic (exact) mass is 431 g/mol. The number of carbonyl (C=O) groups is 2. The lowest BCUT2D eigenvalue weighted by Crippen LogP contribution is -2.41. The van der Waals surface area contributed by atoms with Gasteiger partial charge in [-0.25, -0.2) is 9.67 Å². The second kappa shape index (κ2) is 8.62. The molecular weight excluding hydrogens is 406 g/mol. The van der Waals surface area contributed by atoms with E-state index in [0.717, 1.165) is 11.3 Å². The summed E-state index contributed by atoms with van der Waals surface area (Å²) in [5.74, 6) is -0.823. The molecule has 32 heavy (non-hydrogen) atoms. The first kappa shape index (κ1) is 21.2. The number of hydrogen-bond acceptors (Lipinski definition) is 5. The molecule has 2 amide bonds. The molecule has 0 saturated carbocycles.